The van der Waals surface area contributed by atoms with Gasteiger partial charge in [-0.25, -0.2) is 5.01 Å². The van der Waals surface area contributed by atoms with Gasteiger partial charge in [0, 0.05) is 41.4 Å². The topological polar surface area (TPSA) is 73.9 Å². The van der Waals surface area contributed by atoms with Crippen molar-refractivity contribution in [1.29, 1.82) is 0 Å². The van der Waals surface area contributed by atoms with Gasteiger partial charge in [0.2, 0.25) is 5.91 Å². The number of hydrogen-bond donors (Lipinski definition) is 2. The minimum absolute atomic E-state index is 0.159. The maximum Gasteiger partial charge on any atom is 0.276 e. The van der Waals surface area contributed by atoms with Gasteiger partial charge in [0.25, 0.3) is 5.91 Å². The normalized spacial score (nSPS) is 14.6. The van der Waals surface area contributed by atoms with Crippen molar-refractivity contribution in [2.24, 2.45) is 0 Å². The molecule has 3 aromatic carbocycles. The zero-order chi connectivity index (χ0) is 25.8. The molecule has 0 radical (unpaired) electrons. The maximum absolute atomic E-state index is 13.4. The number of halogens is 3. The second-order valence-corrected chi connectivity index (χ2v) is 10.2. The molecule has 0 aliphatic carbocycles. The summed E-state index contributed by atoms with van der Waals surface area (Å²) in [6, 6.07) is 18.2. The van der Waals surface area contributed by atoms with Crippen molar-refractivity contribution in [2.45, 2.75) is 19.0 Å². The fourth-order valence-corrected chi connectivity index (χ4v) is 4.60. The van der Waals surface area contributed by atoms with Gasteiger partial charge in [-0.1, -0.05) is 51.3 Å². The Kier molecular flexibility index (Phi) is 8.28. The second-order valence-electron chi connectivity index (χ2n) is 8.46. The lowest BCUT2D eigenvalue weighted by atomic mass is 10.0. The van der Waals surface area contributed by atoms with E-state index >= 15 is 0 Å². The molecule has 1 aliphatic heterocycles. The van der Waals surface area contributed by atoms with Gasteiger partial charge in [0.1, 0.15) is 11.9 Å². The molecule has 4 rings (SSSR count). The molecule has 0 saturated carbocycles. The van der Waals surface area contributed by atoms with Crippen LogP contribution in [0.4, 0.5) is 11.4 Å². The minimum Gasteiger partial charge on any atom is -0.492 e. The van der Waals surface area contributed by atoms with Crippen LogP contribution < -0.4 is 20.4 Å². The molecule has 10 heteroatoms. The lowest BCUT2D eigenvalue weighted by Gasteiger charge is -2.38. The van der Waals surface area contributed by atoms with Crippen molar-refractivity contribution in [3.63, 3.8) is 0 Å². The molecular weight excluding hydrogens is 567 g/mol. The molecule has 1 heterocycles. The van der Waals surface area contributed by atoms with E-state index in [9.17, 15) is 9.59 Å². The molecule has 188 valence electrons. The quantitative estimate of drug-likeness (QED) is 0.302. The molecule has 2 N–H and O–H groups in total. The fourth-order valence-electron chi connectivity index (χ4n) is 3.78. The smallest absolute Gasteiger partial charge is 0.276 e. The summed E-state index contributed by atoms with van der Waals surface area (Å²) in [6.45, 7) is 0.284. The van der Waals surface area contributed by atoms with E-state index in [1.165, 1.54) is 5.01 Å². The van der Waals surface area contributed by atoms with Crippen LogP contribution >= 0.6 is 39.1 Å². The van der Waals surface area contributed by atoms with Crippen LogP contribution in [0.3, 0.4) is 0 Å². The van der Waals surface area contributed by atoms with Crippen LogP contribution in [-0.4, -0.2) is 37.5 Å². The molecule has 2 amide bonds. The summed E-state index contributed by atoms with van der Waals surface area (Å²) in [5.41, 5.74) is 5.82. The van der Waals surface area contributed by atoms with Crippen LogP contribution in [0.15, 0.2) is 65.1 Å². The number of carbonyl (C=O) groups excluding carboxylic acids is 2. The number of ether oxygens (including phenoxy) is 1. The average molecular weight is 592 g/mol. The Bertz CT molecular complexity index is 1270. The Morgan fingerprint density at radius 3 is 2.56 bits per heavy atom. The summed E-state index contributed by atoms with van der Waals surface area (Å²) in [6.07, 6.45) is 0.0208. The highest BCUT2D eigenvalue weighted by Crippen LogP contribution is 2.34. The van der Waals surface area contributed by atoms with Crippen molar-refractivity contribution < 1.29 is 14.3 Å². The maximum atomic E-state index is 13.4. The van der Waals surface area contributed by atoms with Crippen molar-refractivity contribution in [3.8, 4) is 5.75 Å². The van der Waals surface area contributed by atoms with E-state index in [0.717, 1.165) is 15.7 Å². The monoisotopic (exact) mass is 590 g/mol. The fraction of sp³-hybridized carbons (Fsp3) is 0.231. The highest BCUT2D eigenvalue weighted by molar-refractivity contribution is 9.10. The highest BCUT2D eigenvalue weighted by atomic mass is 79.9. The minimum atomic E-state index is -0.574. The van der Waals surface area contributed by atoms with Crippen molar-refractivity contribution in [1.82, 2.24) is 10.4 Å². The number of benzene rings is 3. The molecule has 0 saturated heterocycles. The standard InChI is InChI=1S/C26H25BrCl2N4O3/c1-32(2)19-9-5-16(6-10-19)25-30-22-11-7-17(27)14-20(22)26(35)33(25)31-24(34)4-3-13-36-23-12-8-18(28)15-21(23)29/h5-12,14-15,25,30H,3-4,13H2,1-2H3,(H,31,34). The first-order valence-electron chi connectivity index (χ1n) is 11.3. The molecule has 0 fully saturated rings. The van der Waals surface area contributed by atoms with Gasteiger partial charge in [-0.2, -0.15) is 0 Å². The van der Waals surface area contributed by atoms with Crippen LogP contribution in [0.1, 0.15) is 34.9 Å². The van der Waals surface area contributed by atoms with Gasteiger partial charge in [0.15, 0.2) is 0 Å². The van der Waals surface area contributed by atoms with Gasteiger partial charge in [-0.3, -0.25) is 15.0 Å². The Labute approximate surface area is 228 Å². The lowest BCUT2D eigenvalue weighted by Crippen LogP contribution is -2.52. The Morgan fingerprint density at radius 1 is 1.11 bits per heavy atom. The molecular formula is C26H25BrCl2N4O3. The van der Waals surface area contributed by atoms with Crippen LogP contribution in [0.2, 0.25) is 10.0 Å². The van der Waals surface area contributed by atoms with Gasteiger partial charge in [-0.05, 0) is 60.5 Å². The van der Waals surface area contributed by atoms with Crippen LogP contribution in [-0.2, 0) is 4.79 Å². The van der Waals surface area contributed by atoms with E-state index in [-0.39, 0.29) is 24.8 Å². The van der Waals surface area contributed by atoms with Crippen molar-refractivity contribution in [2.75, 3.05) is 30.9 Å². The second kappa shape index (κ2) is 11.4. The largest absolute Gasteiger partial charge is 0.492 e. The summed E-state index contributed by atoms with van der Waals surface area (Å²) >= 11 is 15.5. The van der Waals surface area contributed by atoms with Crippen LogP contribution in [0, 0.1) is 0 Å². The van der Waals surface area contributed by atoms with Gasteiger partial charge in [0.05, 0.1) is 17.2 Å². The average Bonchev–Trinajstić information content (AvgIpc) is 2.85. The third kappa shape index (κ3) is 6.06. The zero-order valence-electron chi connectivity index (χ0n) is 19.7. The predicted molar refractivity (Wildman–Crippen MR) is 147 cm³/mol. The van der Waals surface area contributed by atoms with E-state index in [4.69, 9.17) is 27.9 Å². The third-order valence-electron chi connectivity index (χ3n) is 5.65. The summed E-state index contributed by atoms with van der Waals surface area (Å²) in [5.74, 6) is -0.103. The summed E-state index contributed by atoms with van der Waals surface area (Å²) in [4.78, 5) is 28.3. The molecule has 1 aliphatic rings. The van der Waals surface area contributed by atoms with E-state index < -0.39 is 6.17 Å². The Balaban J connectivity index is 1.46. The number of nitrogens with one attached hydrogen (secondary N) is 2. The first-order chi connectivity index (χ1) is 17.2. The zero-order valence-corrected chi connectivity index (χ0v) is 22.8. The molecule has 36 heavy (non-hydrogen) atoms. The number of nitrogens with zero attached hydrogens (tertiary/aromatic N) is 2. The van der Waals surface area contributed by atoms with E-state index in [1.54, 1.807) is 24.3 Å². The molecule has 0 aromatic heterocycles. The molecule has 3 aromatic rings. The first-order valence-corrected chi connectivity index (χ1v) is 12.8. The first kappa shape index (κ1) is 26.1. The SMILES string of the molecule is CN(C)c1ccc(C2Nc3ccc(Br)cc3C(=O)N2NC(=O)CCCOc2ccc(Cl)cc2Cl)cc1. The summed E-state index contributed by atoms with van der Waals surface area (Å²) < 4.78 is 6.43. The van der Waals surface area contributed by atoms with Gasteiger partial charge < -0.3 is 15.0 Å². The van der Waals surface area contributed by atoms with Crippen molar-refractivity contribution >= 4 is 62.3 Å². The summed E-state index contributed by atoms with van der Waals surface area (Å²) in [5, 5.41) is 5.65. The Hall–Kier alpha value is -2.94. The molecule has 1 unspecified atom stereocenters. The lowest BCUT2D eigenvalue weighted by molar-refractivity contribution is -0.126. The molecule has 0 spiro atoms. The van der Waals surface area contributed by atoms with Gasteiger partial charge >= 0.3 is 0 Å². The molecule has 7 nitrogen and oxygen atoms in total. The van der Waals surface area contributed by atoms with Crippen LogP contribution in [0.5, 0.6) is 5.75 Å². The highest BCUT2D eigenvalue weighted by Gasteiger charge is 2.34. The van der Waals surface area contributed by atoms with E-state index in [0.29, 0.717) is 33.5 Å². The Morgan fingerprint density at radius 2 is 1.86 bits per heavy atom. The predicted octanol–water partition coefficient (Wildman–Crippen LogP) is 6.28. The number of hydrazine groups is 1. The molecule has 1 atom stereocenters. The number of hydrogen-bond acceptors (Lipinski definition) is 5. The van der Waals surface area contributed by atoms with Gasteiger partial charge in [-0.15, -0.1) is 0 Å². The summed E-state index contributed by atoms with van der Waals surface area (Å²) in [7, 11) is 3.92. The number of carbonyl (C=O) groups is 2. The molecule has 0 bridgehead atoms. The third-order valence-corrected chi connectivity index (χ3v) is 6.68. The number of anilines is 2. The van der Waals surface area contributed by atoms with Crippen LogP contribution in [0.25, 0.3) is 0 Å². The van der Waals surface area contributed by atoms with E-state index in [2.05, 4.69) is 26.7 Å². The number of amides is 2. The van der Waals surface area contributed by atoms with E-state index in [1.807, 2.05) is 55.4 Å². The number of fused-ring (bicyclic) bond motifs is 1. The number of rotatable bonds is 8. The van der Waals surface area contributed by atoms with Crippen molar-refractivity contribution in [3.05, 3.63) is 86.3 Å².